The van der Waals surface area contributed by atoms with Crippen molar-refractivity contribution in [3.63, 3.8) is 0 Å². The molecule has 0 bridgehead atoms. The Balaban J connectivity index is 1.95. The summed E-state index contributed by atoms with van der Waals surface area (Å²) < 4.78 is 8.29. The molecule has 0 aliphatic rings. The van der Waals surface area contributed by atoms with E-state index in [-0.39, 0.29) is 18.0 Å². The van der Waals surface area contributed by atoms with Crippen LogP contribution in [0.3, 0.4) is 0 Å². The molecule has 26 heavy (non-hydrogen) atoms. The second kappa shape index (κ2) is 7.19. The van der Waals surface area contributed by atoms with Gasteiger partial charge >= 0.3 is 0 Å². The number of aryl methyl sites for hydroxylation is 1. The molecule has 0 unspecified atom stereocenters. The van der Waals surface area contributed by atoms with Crippen LogP contribution in [0.5, 0.6) is 5.75 Å². The first-order valence-corrected chi connectivity index (χ1v) is 8.74. The number of benzene rings is 1. The van der Waals surface area contributed by atoms with E-state index in [1.165, 1.54) is 4.68 Å². The van der Waals surface area contributed by atoms with Gasteiger partial charge in [0.15, 0.2) is 0 Å². The number of ether oxygens (including phenoxy) is 1. The first-order valence-electron chi connectivity index (χ1n) is 8.74. The Morgan fingerprint density at radius 3 is 2.73 bits per heavy atom. The largest absolute Gasteiger partial charge is 0.497 e. The molecular formula is C19H24N4O3. The predicted octanol–water partition coefficient (Wildman–Crippen LogP) is 2.13. The maximum absolute atomic E-state index is 12.8. The summed E-state index contributed by atoms with van der Waals surface area (Å²) >= 11 is 0. The van der Waals surface area contributed by atoms with Crippen molar-refractivity contribution >= 4 is 22.3 Å². The molecule has 0 atom stereocenters. The molecule has 0 saturated heterocycles. The first kappa shape index (κ1) is 18.0. The van der Waals surface area contributed by atoms with Crippen LogP contribution < -0.4 is 15.6 Å². The van der Waals surface area contributed by atoms with E-state index >= 15 is 0 Å². The van der Waals surface area contributed by atoms with Gasteiger partial charge in [0.2, 0.25) is 5.91 Å². The Morgan fingerprint density at radius 1 is 1.27 bits per heavy atom. The minimum absolute atomic E-state index is 0.0842. The molecule has 0 saturated carbocycles. The van der Waals surface area contributed by atoms with Crippen LogP contribution in [0.2, 0.25) is 0 Å². The number of nitrogens with one attached hydrogen (secondary N) is 1. The Labute approximate surface area is 151 Å². The Hall–Kier alpha value is -2.83. The molecule has 7 nitrogen and oxygen atoms in total. The van der Waals surface area contributed by atoms with Crippen LogP contribution in [0.25, 0.3) is 16.4 Å². The third-order valence-electron chi connectivity index (χ3n) is 4.39. The van der Waals surface area contributed by atoms with E-state index in [1.54, 1.807) is 7.11 Å². The lowest BCUT2D eigenvalue weighted by Crippen LogP contribution is -2.35. The lowest BCUT2D eigenvalue weighted by Gasteiger charge is -2.10. The summed E-state index contributed by atoms with van der Waals surface area (Å²) in [7, 11) is 1.61. The number of fused-ring (bicyclic) bond motifs is 3. The molecule has 0 fully saturated rings. The molecule has 3 rings (SSSR count). The van der Waals surface area contributed by atoms with E-state index in [0.717, 1.165) is 23.1 Å². The Morgan fingerprint density at radius 2 is 2.04 bits per heavy atom. The lowest BCUT2D eigenvalue weighted by atomic mass is 10.1. The molecule has 0 aliphatic carbocycles. The van der Waals surface area contributed by atoms with E-state index in [0.29, 0.717) is 23.8 Å². The summed E-state index contributed by atoms with van der Waals surface area (Å²) in [6, 6.07) is 7.44. The molecule has 2 heterocycles. The van der Waals surface area contributed by atoms with Crippen LogP contribution in [0.15, 0.2) is 29.1 Å². The average molecular weight is 356 g/mol. The molecule has 1 N–H and O–H groups in total. The van der Waals surface area contributed by atoms with E-state index in [1.807, 2.05) is 35.6 Å². The van der Waals surface area contributed by atoms with Crippen LogP contribution >= 0.6 is 0 Å². The number of hydrogen-bond donors (Lipinski definition) is 1. The zero-order valence-corrected chi connectivity index (χ0v) is 15.6. The van der Waals surface area contributed by atoms with Crippen LogP contribution in [0.1, 0.15) is 26.1 Å². The van der Waals surface area contributed by atoms with Gasteiger partial charge in [0, 0.05) is 11.9 Å². The Kier molecular flexibility index (Phi) is 4.97. The van der Waals surface area contributed by atoms with Crippen molar-refractivity contribution in [2.45, 2.75) is 33.7 Å². The lowest BCUT2D eigenvalue weighted by molar-refractivity contribution is -0.121. The van der Waals surface area contributed by atoms with Crippen molar-refractivity contribution in [3.8, 4) is 5.75 Å². The number of amides is 1. The van der Waals surface area contributed by atoms with Gasteiger partial charge in [0.05, 0.1) is 12.6 Å². The van der Waals surface area contributed by atoms with Gasteiger partial charge in [0.1, 0.15) is 23.6 Å². The number of nitrogens with zero attached hydrogens (tertiary/aromatic N) is 3. The highest BCUT2D eigenvalue weighted by molar-refractivity contribution is 5.88. The molecule has 7 heteroatoms. The first-order chi connectivity index (χ1) is 12.4. The fourth-order valence-electron chi connectivity index (χ4n) is 3.02. The second-order valence-corrected chi connectivity index (χ2v) is 6.83. The summed E-state index contributed by atoms with van der Waals surface area (Å²) in [5.41, 5.74) is 1.09. The van der Waals surface area contributed by atoms with Gasteiger partial charge in [-0.15, -0.1) is 0 Å². The molecule has 3 aromatic rings. The quantitative estimate of drug-likeness (QED) is 0.734. The van der Waals surface area contributed by atoms with Gasteiger partial charge in [0.25, 0.3) is 5.56 Å². The van der Waals surface area contributed by atoms with Gasteiger partial charge in [-0.25, -0.2) is 4.68 Å². The predicted molar refractivity (Wildman–Crippen MR) is 101 cm³/mol. The van der Waals surface area contributed by atoms with E-state index in [4.69, 9.17) is 4.74 Å². The fraction of sp³-hybridized carbons (Fsp3) is 0.421. The topological polar surface area (TPSA) is 77.6 Å². The highest BCUT2D eigenvalue weighted by Gasteiger charge is 2.14. The minimum atomic E-state index is -0.287. The third-order valence-corrected chi connectivity index (χ3v) is 4.39. The van der Waals surface area contributed by atoms with Crippen LogP contribution in [0.4, 0.5) is 0 Å². The van der Waals surface area contributed by atoms with Crippen molar-refractivity contribution in [2.24, 2.45) is 5.92 Å². The molecular weight excluding hydrogens is 332 g/mol. The van der Waals surface area contributed by atoms with Gasteiger partial charge in [-0.1, -0.05) is 13.8 Å². The fourth-order valence-corrected chi connectivity index (χ4v) is 3.02. The third kappa shape index (κ3) is 3.42. The zero-order chi connectivity index (χ0) is 18.8. The highest BCUT2D eigenvalue weighted by atomic mass is 16.5. The average Bonchev–Trinajstić information content (AvgIpc) is 2.98. The number of carbonyl (C=O) groups is 1. The number of hydrogen-bond acceptors (Lipinski definition) is 4. The Bertz CT molecular complexity index is 1020. The van der Waals surface area contributed by atoms with E-state index in [2.05, 4.69) is 24.3 Å². The molecule has 0 radical (unpaired) electrons. The summed E-state index contributed by atoms with van der Waals surface area (Å²) in [5, 5.41) is 8.05. The standard InChI is InChI=1S/C19H24N4O3/c1-12(2)7-8-20-18(24)11-22-19(25)17-10-14-9-15(26-4)5-6-16(14)23(17)13(3)21-22/h5-6,9-10,12H,7-8,11H2,1-4H3,(H,20,24). The summed E-state index contributed by atoms with van der Waals surface area (Å²) in [6.07, 6.45) is 0.901. The summed E-state index contributed by atoms with van der Waals surface area (Å²) in [6.45, 7) is 6.53. The van der Waals surface area contributed by atoms with Crippen LogP contribution in [-0.2, 0) is 11.3 Å². The van der Waals surface area contributed by atoms with Crippen LogP contribution in [0, 0.1) is 12.8 Å². The highest BCUT2D eigenvalue weighted by Crippen LogP contribution is 2.24. The van der Waals surface area contributed by atoms with Gasteiger partial charge in [-0.05, 0) is 43.5 Å². The monoisotopic (exact) mass is 356 g/mol. The van der Waals surface area contributed by atoms with Gasteiger partial charge in [-0.3, -0.25) is 14.0 Å². The number of methoxy groups -OCH3 is 1. The molecule has 1 aromatic carbocycles. The number of rotatable bonds is 6. The zero-order valence-electron chi connectivity index (χ0n) is 15.6. The van der Waals surface area contributed by atoms with Crippen LogP contribution in [-0.4, -0.2) is 33.7 Å². The normalized spacial score (nSPS) is 11.4. The maximum atomic E-state index is 12.8. The van der Waals surface area contributed by atoms with Crippen molar-refractivity contribution in [1.82, 2.24) is 19.5 Å². The summed E-state index contributed by atoms with van der Waals surface area (Å²) in [4.78, 5) is 24.9. The number of carbonyl (C=O) groups excluding carboxylic acids is 1. The smallest absolute Gasteiger partial charge is 0.291 e. The SMILES string of the molecule is COc1ccc2c(c1)cc1c(=O)n(CC(=O)NCCC(C)C)nc(C)n12. The molecule has 0 aliphatic heterocycles. The van der Waals surface area contributed by atoms with Crippen molar-refractivity contribution in [1.29, 1.82) is 0 Å². The molecule has 138 valence electrons. The van der Waals surface area contributed by atoms with Crippen molar-refractivity contribution < 1.29 is 9.53 Å². The van der Waals surface area contributed by atoms with Crippen molar-refractivity contribution in [3.05, 3.63) is 40.4 Å². The van der Waals surface area contributed by atoms with Gasteiger partial charge in [-0.2, -0.15) is 5.10 Å². The van der Waals surface area contributed by atoms with Gasteiger partial charge < -0.3 is 10.1 Å². The van der Waals surface area contributed by atoms with Crippen molar-refractivity contribution in [2.75, 3.05) is 13.7 Å². The molecule has 2 aromatic heterocycles. The second-order valence-electron chi connectivity index (χ2n) is 6.83. The molecule has 0 spiro atoms. The molecule has 1 amide bonds. The summed E-state index contributed by atoms with van der Waals surface area (Å²) in [5.74, 6) is 1.68. The minimum Gasteiger partial charge on any atom is -0.497 e. The van der Waals surface area contributed by atoms with E-state index in [9.17, 15) is 9.59 Å². The van der Waals surface area contributed by atoms with E-state index < -0.39 is 0 Å². The number of aromatic nitrogens is 3. The maximum Gasteiger partial charge on any atom is 0.291 e.